The Morgan fingerprint density at radius 3 is 3.00 bits per heavy atom. The maximum Gasteiger partial charge on any atom is 0.164 e. The van der Waals surface area contributed by atoms with Gasteiger partial charge in [-0.15, -0.1) is 10.2 Å². The number of pyridine rings is 1. The number of hydrogen-bond donors (Lipinski definition) is 1. The molecule has 2 aromatic rings. The smallest absolute Gasteiger partial charge is 0.164 e. The van der Waals surface area contributed by atoms with Crippen molar-refractivity contribution >= 4 is 5.65 Å². The van der Waals surface area contributed by atoms with Gasteiger partial charge >= 0.3 is 0 Å². The number of aromatic nitrogens is 3. The highest BCUT2D eigenvalue weighted by molar-refractivity contribution is 5.47. The fourth-order valence-electron chi connectivity index (χ4n) is 1.61. The van der Waals surface area contributed by atoms with Gasteiger partial charge in [-0.25, -0.2) is 0 Å². The van der Waals surface area contributed by atoms with Gasteiger partial charge in [-0.1, -0.05) is 13.0 Å². The molecule has 0 unspecified atom stereocenters. The lowest BCUT2D eigenvalue weighted by Gasteiger charge is -2.01. The Bertz CT molecular complexity index is 433. The van der Waals surface area contributed by atoms with Crippen LogP contribution in [0.25, 0.3) is 5.65 Å². The summed E-state index contributed by atoms with van der Waals surface area (Å²) in [5.41, 5.74) is 7.64. The summed E-state index contributed by atoms with van der Waals surface area (Å²) in [7, 11) is 0. The minimum atomic E-state index is 0.647. The highest BCUT2D eigenvalue weighted by Gasteiger charge is 2.06. The molecule has 2 heterocycles. The Morgan fingerprint density at radius 2 is 2.29 bits per heavy atom. The zero-order valence-corrected chi connectivity index (χ0v) is 8.27. The largest absolute Gasteiger partial charge is 0.330 e. The molecule has 0 bridgehead atoms. The first-order valence-corrected chi connectivity index (χ1v) is 4.88. The third kappa shape index (κ3) is 1.37. The fourth-order valence-corrected chi connectivity index (χ4v) is 1.61. The highest BCUT2D eigenvalue weighted by atomic mass is 15.2. The van der Waals surface area contributed by atoms with E-state index in [2.05, 4.69) is 23.2 Å². The van der Waals surface area contributed by atoms with Crippen LogP contribution in [0.3, 0.4) is 0 Å². The van der Waals surface area contributed by atoms with Crippen molar-refractivity contribution in [3.05, 3.63) is 29.7 Å². The molecule has 0 aliphatic rings. The van der Waals surface area contributed by atoms with Crippen LogP contribution in [0.2, 0.25) is 0 Å². The number of rotatable bonds is 3. The molecule has 0 radical (unpaired) electrons. The Labute approximate surface area is 82.8 Å². The molecule has 0 aliphatic heterocycles. The lowest BCUT2D eigenvalue weighted by Crippen LogP contribution is -2.04. The zero-order chi connectivity index (χ0) is 9.97. The number of aryl methyl sites for hydroxylation is 1. The monoisotopic (exact) mass is 190 g/mol. The Balaban J connectivity index is 2.58. The summed E-state index contributed by atoms with van der Waals surface area (Å²) in [6, 6.07) is 4.07. The second-order valence-corrected chi connectivity index (χ2v) is 3.24. The van der Waals surface area contributed by atoms with E-state index in [9.17, 15) is 0 Å². The quantitative estimate of drug-likeness (QED) is 0.778. The van der Waals surface area contributed by atoms with Gasteiger partial charge in [0.25, 0.3) is 0 Å². The molecule has 0 atom stereocenters. The Kier molecular flexibility index (Phi) is 2.45. The standard InChI is InChI=1S/C10H14N4/c1-2-9-12-13-10-8(5-6-11)4-3-7-14(9)10/h3-4,7H,2,5-6,11H2,1H3. The molecule has 0 fully saturated rings. The van der Waals surface area contributed by atoms with Gasteiger partial charge in [-0.2, -0.15) is 0 Å². The number of nitrogens with zero attached hydrogens (tertiary/aromatic N) is 3. The lowest BCUT2D eigenvalue weighted by molar-refractivity contribution is 0.906. The summed E-state index contributed by atoms with van der Waals surface area (Å²) in [6.45, 7) is 2.72. The molecule has 0 aliphatic carbocycles. The average Bonchev–Trinajstić information content (AvgIpc) is 2.62. The number of nitrogens with two attached hydrogens (primary N) is 1. The third-order valence-electron chi connectivity index (χ3n) is 2.32. The molecule has 0 spiro atoms. The van der Waals surface area contributed by atoms with E-state index in [1.54, 1.807) is 0 Å². The van der Waals surface area contributed by atoms with Crippen LogP contribution in [0.15, 0.2) is 18.3 Å². The first-order chi connectivity index (χ1) is 6.86. The second-order valence-electron chi connectivity index (χ2n) is 3.24. The third-order valence-corrected chi connectivity index (χ3v) is 2.32. The summed E-state index contributed by atoms with van der Waals surface area (Å²) in [5.74, 6) is 0.999. The lowest BCUT2D eigenvalue weighted by atomic mass is 10.2. The maximum atomic E-state index is 5.53. The highest BCUT2D eigenvalue weighted by Crippen LogP contribution is 2.10. The molecule has 14 heavy (non-hydrogen) atoms. The van der Waals surface area contributed by atoms with Gasteiger partial charge in [0.05, 0.1) is 0 Å². The van der Waals surface area contributed by atoms with E-state index < -0.39 is 0 Å². The predicted molar refractivity (Wildman–Crippen MR) is 55.1 cm³/mol. The van der Waals surface area contributed by atoms with Gasteiger partial charge in [-0.3, -0.25) is 4.40 Å². The van der Waals surface area contributed by atoms with Gasteiger partial charge in [-0.05, 0) is 24.6 Å². The topological polar surface area (TPSA) is 56.2 Å². The number of hydrogen-bond acceptors (Lipinski definition) is 3. The Hall–Kier alpha value is -1.42. The van der Waals surface area contributed by atoms with Gasteiger partial charge in [0.15, 0.2) is 5.65 Å². The minimum Gasteiger partial charge on any atom is -0.330 e. The molecule has 0 amide bonds. The van der Waals surface area contributed by atoms with E-state index in [1.807, 2.05) is 16.7 Å². The van der Waals surface area contributed by atoms with Crippen LogP contribution in [-0.4, -0.2) is 21.1 Å². The molecule has 2 rings (SSSR count). The van der Waals surface area contributed by atoms with E-state index in [0.29, 0.717) is 6.54 Å². The summed E-state index contributed by atoms with van der Waals surface area (Å²) in [4.78, 5) is 0. The zero-order valence-electron chi connectivity index (χ0n) is 8.27. The average molecular weight is 190 g/mol. The summed E-state index contributed by atoms with van der Waals surface area (Å²) < 4.78 is 2.03. The van der Waals surface area contributed by atoms with Crippen LogP contribution >= 0.6 is 0 Å². The molecule has 0 saturated heterocycles. The van der Waals surface area contributed by atoms with Crippen molar-refractivity contribution in [1.29, 1.82) is 0 Å². The predicted octanol–water partition coefficient (Wildman–Crippen LogP) is 0.793. The van der Waals surface area contributed by atoms with Gasteiger partial charge in [0.2, 0.25) is 0 Å². The van der Waals surface area contributed by atoms with Crippen LogP contribution in [0, 0.1) is 0 Å². The van der Waals surface area contributed by atoms with Crippen molar-refractivity contribution in [2.75, 3.05) is 6.54 Å². The summed E-state index contributed by atoms with van der Waals surface area (Å²) in [6.07, 6.45) is 3.74. The van der Waals surface area contributed by atoms with Crippen molar-refractivity contribution in [3.63, 3.8) is 0 Å². The molecule has 74 valence electrons. The van der Waals surface area contributed by atoms with E-state index >= 15 is 0 Å². The second kappa shape index (κ2) is 3.75. The SMILES string of the molecule is CCc1nnc2c(CCN)cccn12. The normalized spacial score (nSPS) is 11.0. The fraction of sp³-hybridized carbons (Fsp3) is 0.400. The molecular weight excluding hydrogens is 176 g/mol. The summed E-state index contributed by atoms with van der Waals surface area (Å²) in [5, 5.41) is 8.29. The van der Waals surface area contributed by atoms with Gasteiger partial charge < -0.3 is 5.73 Å². The van der Waals surface area contributed by atoms with Crippen molar-refractivity contribution in [1.82, 2.24) is 14.6 Å². The molecule has 2 N–H and O–H groups in total. The molecular formula is C10H14N4. The van der Waals surface area contributed by atoms with Crippen LogP contribution in [0.1, 0.15) is 18.3 Å². The van der Waals surface area contributed by atoms with Gasteiger partial charge in [0, 0.05) is 12.6 Å². The maximum absolute atomic E-state index is 5.53. The number of fused-ring (bicyclic) bond motifs is 1. The van der Waals surface area contributed by atoms with E-state index in [0.717, 1.165) is 24.3 Å². The van der Waals surface area contributed by atoms with Crippen LogP contribution < -0.4 is 5.73 Å². The molecule has 0 saturated carbocycles. The molecule has 2 aromatic heterocycles. The summed E-state index contributed by atoms with van der Waals surface area (Å²) >= 11 is 0. The van der Waals surface area contributed by atoms with Crippen molar-refractivity contribution < 1.29 is 0 Å². The van der Waals surface area contributed by atoms with Gasteiger partial charge in [0.1, 0.15) is 5.82 Å². The first kappa shape index (κ1) is 9.15. The van der Waals surface area contributed by atoms with Crippen LogP contribution in [0.4, 0.5) is 0 Å². The van der Waals surface area contributed by atoms with Crippen molar-refractivity contribution in [3.8, 4) is 0 Å². The van der Waals surface area contributed by atoms with Crippen LogP contribution in [-0.2, 0) is 12.8 Å². The van der Waals surface area contributed by atoms with E-state index in [-0.39, 0.29) is 0 Å². The van der Waals surface area contributed by atoms with E-state index in [1.165, 1.54) is 5.56 Å². The van der Waals surface area contributed by atoms with Crippen LogP contribution in [0.5, 0.6) is 0 Å². The van der Waals surface area contributed by atoms with Crippen molar-refractivity contribution in [2.45, 2.75) is 19.8 Å². The minimum absolute atomic E-state index is 0.647. The first-order valence-electron chi connectivity index (χ1n) is 4.88. The molecule has 4 nitrogen and oxygen atoms in total. The van der Waals surface area contributed by atoms with Crippen molar-refractivity contribution in [2.24, 2.45) is 5.73 Å². The van der Waals surface area contributed by atoms with E-state index in [4.69, 9.17) is 5.73 Å². The Morgan fingerprint density at radius 1 is 1.43 bits per heavy atom. The molecule has 0 aromatic carbocycles. The molecule has 4 heteroatoms.